The second-order valence-corrected chi connectivity index (χ2v) is 7.50. The van der Waals surface area contributed by atoms with Gasteiger partial charge in [-0.05, 0) is 43.2 Å². The normalized spacial score (nSPS) is 21.1. The Morgan fingerprint density at radius 3 is 2.63 bits per heavy atom. The zero-order chi connectivity index (χ0) is 18.8. The number of amides is 1. The van der Waals surface area contributed by atoms with Gasteiger partial charge in [-0.3, -0.25) is 4.79 Å². The number of likely N-dealkylation sites (tertiary alicyclic amines) is 1. The maximum absolute atomic E-state index is 12.7. The number of carbonyl (C=O) groups is 1. The summed E-state index contributed by atoms with van der Waals surface area (Å²) in [6.45, 7) is 6.75. The summed E-state index contributed by atoms with van der Waals surface area (Å²) in [5.74, 6) is 1.72. The molecule has 0 aromatic heterocycles. The minimum atomic E-state index is 0.0758. The number of nitrogens with one attached hydrogen (secondary N) is 2. The molecule has 4 rings (SSSR count). The average molecular weight is 367 g/mol. The Hall–Kier alpha value is -2.53. The first-order valence-corrected chi connectivity index (χ1v) is 9.72. The van der Waals surface area contributed by atoms with Crippen LogP contribution in [0.2, 0.25) is 0 Å². The van der Waals surface area contributed by atoms with Crippen molar-refractivity contribution >= 4 is 11.6 Å². The van der Waals surface area contributed by atoms with E-state index in [0.29, 0.717) is 25.8 Å². The second-order valence-electron chi connectivity index (χ2n) is 7.50. The number of carbonyl (C=O) groups excluding carboxylic acids is 1. The highest BCUT2D eigenvalue weighted by Crippen LogP contribution is 2.33. The number of fused-ring (bicyclic) bond motifs is 1. The van der Waals surface area contributed by atoms with Gasteiger partial charge < -0.3 is 19.7 Å². The van der Waals surface area contributed by atoms with E-state index >= 15 is 0 Å². The van der Waals surface area contributed by atoms with Crippen LogP contribution in [0.25, 0.3) is 0 Å². The SMILES string of the molecule is Cc1cccc(C)c1NC(=O)C[NH+]1CCC[C@@H]1c1ccc2c(c1)OCCO2. The van der Waals surface area contributed by atoms with Crippen molar-refractivity contribution in [2.24, 2.45) is 0 Å². The highest BCUT2D eigenvalue weighted by atomic mass is 16.6. The van der Waals surface area contributed by atoms with Gasteiger partial charge in [-0.25, -0.2) is 0 Å². The first-order valence-electron chi connectivity index (χ1n) is 9.72. The summed E-state index contributed by atoms with van der Waals surface area (Å²) < 4.78 is 11.4. The molecule has 142 valence electrons. The van der Waals surface area contributed by atoms with Gasteiger partial charge >= 0.3 is 0 Å². The van der Waals surface area contributed by atoms with Crippen molar-refractivity contribution in [2.45, 2.75) is 32.7 Å². The smallest absolute Gasteiger partial charge is 0.279 e. The summed E-state index contributed by atoms with van der Waals surface area (Å²) in [5.41, 5.74) is 4.37. The standard InChI is InChI=1S/C22H26N2O3/c1-15-5-3-6-16(2)22(15)23-21(25)14-24-10-4-7-18(24)17-8-9-19-20(13-17)27-12-11-26-19/h3,5-6,8-9,13,18H,4,7,10-12,14H2,1-2H3,(H,23,25)/p+1/t18-/m1/s1. The second kappa shape index (κ2) is 7.61. The Labute approximate surface area is 160 Å². The van der Waals surface area contributed by atoms with E-state index in [9.17, 15) is 4.79 Å². The lowest BCUT2D eigenvalue weighted by molar-refractivity contribution is -0.910. The summed E-state index contributed by atoms with van der Waals surface area (Å²) in [5, 5.41) is 3.12. The van der Waals surface area contributed by atoms with E-state index in [1.54, 1.807) is 0 Å². The van der Waals surface area contributed by atoms with Gasteiger partial charge in [0.2, 0.25) is 0 Å². The zero-order valence-electron chi connectivity index (χ0n) is 16.0. The summed E-state index contributed by atoms with van der Waals surface area (Å²) in [7, 11) is 0. The van der Waals surface area contributed by atoms with Crippen LogP contribution >= 0.6 is 0 Å². The molecule has 2 aliphatic heterocycles. The van der Waals surface area contributed by atoms with Crippen LogP contribution in [0.3, 0.4) is 0 Å². The van der Waals surface area contributed by atoms with Gasteiger partial charge in [0.25, 0.3) is 5.91 Å². The van der Waals surface area contributed by atoms with E-state index in [2.05, 4.69) is 17.4 Å². The third-order valence-electron chi connectivity index (χ3n) is 5.59. The van der Waals surface area contributed by atoms with Crippen molar-refractivity contribution in [3.8, 4) is 11.5 Å². The number of benzene rings is 2. The van der Waals surface area contributed by atoms with Crippen LogP contribution in [0.15, 0.2) is 36.4 Å². The largest absolute Gasteiger partial charge is 0.486 e. The fourth-order valence-corrected chi connectivity index (χ4v) is 4.20. The minimum absolute atomic E-state index is 0.0758. The lowest BCUT2D eigenvalue weighted by Crippen LogP contribution is -3.11. The molecule has 0 radical (unpaired) electrons. The number of aryl methyl sites for hydroxylation is 2. The van der Waals surface area contributed by atoms with Crippen LogP contribution < -0.4 is 19.7 Å². The van der Waals surface area contributed by atoms with Gasteiger partial charge in [0.1, 0.15) is 19.3 Å². The van der Waals surface area contributed by atoms with E-state index in [1.165, 1.54) is 10.5 Å². The summed E-state index contributed by atoms with van der Waals surface area (Å²) in [6.07, 6.45) is 2.22. The lowest BCUT2D eigenvalue weighted by Gasteiger charge is -2.24. The van der Waals surface area contributed by atoms with Crippen molar-refractivity contribution in [2.75, 3.05) is 31.6 Å². The molecule has 1 unspecified atom stereocenters. The highest BCUT2D eigenvalue weighted by Gasteiger charge is 2.32. The molecule has 27 heavy (non-hydrogen) atoms. The monoisotopic (exact) mass is 367 g/mol. The Morgan fingerprint density at radius 1 is 1.11 bits per heavy atom. The van der Waals surface area contributed by atoms with Crippen molar-refractivity contribution in [3.05, 3.63) is 53.1 Å². The molecular weight excluding hydrogens is 340 g/mol. The zero-order valence-corrected chi connectivity index (χ0v) is 16.0. The fourth-order valence-electron chi connectivity index (χ4n) is 4.20. The molecule has 2 heterocycles. The molecule has 0 aliphatic carbocycles. The van der Waals surface area contributed by atoms with E-state index in [0.717, 1.165) is 47.7 Å². The molecule has 0 saturated carbocycles. The Kier molecular flexibility index (Phi) is 5.03. The van der Waals surface area contributed by atoms with Crippen molar-refractivity contribution in [3.63, 3.8) is 0 Å². The Bertz CT molecular complexity index is 829. The molecule has 1 saturated heterocycles. The number of anilines is 1. The number of ether oxygens (including phenoxy) is 2. The topological polar surface area (TPSA) is 52.0 Å². The van der Waals surface area contributed by atoms with Crippen LogP contribution in [0.4, 0.5) is 5.69 Å². The number of hydrogen-bond acceptors (Lipinski definition) is 3. The summed E-state index contributed by atoms with van der Waals surface area (Å²) in [6, 6.07) is 12.6. The Balaban J connectivity index is 1.46. The number of para-hydroxylation sites is 1. The van der Waals surface area contributed by atoms with Crippen LogP contribution in [0, 0.1) is 13.8 Å². The molecule has 0 bridgehead atoms. The maximum Gasteiger partial charge on any atom is 0.279 e. The van der Waals surface area contributed by atoms with Crippen molar-refractivity contribution in [1.82, 2.24) is 0 Å². The van der Waals surface area contributed by atoms with Gasteiger partial charge in [-0.15, -0.1) is 0 Å². The van der Waals surface area contributed by atoms with Crippen LogP contribution in [-0.2, 0) is 4.79 Å². The molecule has 2 aliphatic rings. The third-order valence-corrected chi connectivity index (χ3v) is 5.59. The first kappa shape index (κ1) is 17.9. The van der Waals surface area contributed by atoms with Crippen molar-refractivity contribution < 1.29 is 19.2 Å². The van der Waals surface area contributed by atoms with E-state index in [-0.39, 0.29) is 5.91 Å². The van der Waals surface area contributed by atoms with Crippen LogP contribution in [-0.4, -0.2) is 32.2 Å². The molecule has 5 heteroatoms. The fraction of sp³-hybridized carbons (Fsp3) is 0.409. The quantitative estimate of drug-likeness (QED) is 0.873. The first-order chi connectivity index (χ1) is 13.1. The predicted molar refractivity (Wildman–Crippen MR) is 105 cm³/mol. The van der Waals surface area contributed by atoms with Gasteiger partial charge in [0, 0.05) is 24.1 Å². The van der Waals surface area contributed by atoms with Gasteiger partial charge in [-0.2, -0.15) is 0 Å². The highest BCUT2D eigenvalue weighted by molar-refractivity contribution is 5.93. The number of quaternary nitrogens is 1. The molecule has 5 nitrogen and oxygen atoms in total. The van der Waals surface area contributed by atoms with Crippen LogP contribution in [0.5, 0.6) is 11.5 Å². The van der Waals surface area contributed by atoms with Gasteiger partial charge in [-0.1, -0.05) is 18.2 Å². The number of rotatable bonds is 4. The summed E-state index contributed by atoms with van der Waals surface area (Å²) >= 11 is 0. The third kappa shape index (κ3) is 3.78. The average Bonchev–Trinajstić information content (AvgIpc) is 3.12. The molecule has 1 amide bonds. The van der Waals surface area contributed by atoms with E-state index < -0.39 is 0 Å². The molecule has 2 aromatic rings. The Morgan fingerprint density at radius 2 is 1.85 bits per heavy atom. The van der Waals surface area contributed by atoms with E-state index in [4.69, 9.17) is 9.47 Å². The minimum Gasteiger partial charge on any atom is -0.486 e. The van der Waals surface area contributed by atoms with Gasteiger partial charge in [0.05, 0.1) is 6.54 Å². The van der Waals surface area contributed by atoms with Crippen LogP contribution in [0.1, 0.15) is 35.6 Å². The lowest BCUT2D eigenvalue weighted by atomic mass is 10.0. The molecule has 0 spiro atoms. The van der Waals surface area contributed by atoms with Crippen molar-refractivity contribution in [1.29, 1.82) is 0 Å². The molecule has 2 N–H and O–H groups in total. The number of hydrogen-bond donors (Lipinski definition) is 2. The molecule has 2 atom stereocenters. The maximum atomic E-state index is 12.7. The molecule has 2 aromatic carbocycles. The van der Waals surface area contributed by atoms with E-state index in [1.807, 2.05) is 38.1 Å². The predicted octanol–water partition coefficient (Wildman–Crippen LogP) is 2.43. The molecule has 1 fully saturated rings. The summed E-state index contributed by atoms with van der Waals surface area (Å²) in [4.78, 5) is 14.0. The molecular formula is C22H27N2O3+. The van der Waals surface area contributed by atoms with Gasteiger partial charge in [0.15, 0.2) is 18.0 Å².